The summed E-state index contributed by atoms with van der Waals surface area (Å²) in [6, 6.07) is 15.2. The summed E-state index contributed by atoms with van der Waals surface area (Å²) in [6.07, 6.45) is 0. The van der Waals surface area contributed by atoms with Crippen LogP contribution in [0.3, 0.4) is 0 Å². The fraction of sp³-hybridized carbons (Fsp3) is 0.375. The summed E-state index contributed by atoms with van der Waals surface area (Å²) >= 11 is 0. The minimum atomic E-state index is 0.520. The summed E-state index contributed by atoms with van der Waals surface area (Å²) in [5.74, 6) is 0.520. The van der Waals surface area contributed by atoms with Crippen LogP contribution in [-0.2, 0) is 4.74 Å². The van der Waals surface area contributed by atoms with Crippen molar-refractivity contribution in [2.45, 2.75) is 12.8 Å². The molecule has 18 heavy (non-hydrogen) atoms. The van der Waals surface area contributed by atoms with E-state index in [4.69, 9.17) is 4.74 Å². The molecule has 0 saturated heterocycles. The van der Waals surface area contributed by atoms with Crippen molar-refractivity contribution in [1.29, 1.82) is 0 Å². The predicted octanol–water partition coefficient (Wildman–Crippen LogP) is 3.18. The molecule has 2 aromatic rings. The van der Waals surface area contributed by atoms with Gasteiger partial charge in [-0.25, -0.2) is 0 Å². The average Bonchev–Trinajstić information content (AvgIpc) is 2.43. The summed E-state index contributed by atoms with van der Waals surface area (Å²) in [7, 11) is 1.73. The SMILES string of the molecule is COCCNCC(C)c1ccc2ccccc2c1. The summed E-state index contributed by atoms with van der Waals surface area (Å²) in [5, 5.41) is 6.03. The standard InChI is InChI=1S/C16H21NO/c1-13(12-17-9-10-18-2)15-8-7-14-5-3-4-6-16(14)11-15/h3-8,11,13,17H,9-10,12H2,1-2H3. The largest absolute Gasteiger partial charge is 0.383 e. The number of nitrogens with one attached hydrogen (secondary N) is 1. The lowest BCUT2D eigenvalue weighted by Crippen LogP contribution is -2.23. The molecule has 0 heterocycles. The Morgan fingerprint density at radius 1 is 1.11 bits per heavy atom. The molecule has 2 heteroatoms. The van der Waals surface area contributed by atoms with Crippen molar-refractivity contribution in [3.63, 3.8) is 0 Å². The van der Waals surface area contributed by atoms with Crippen LogP contribution in [-0.4, -0.2) is 26.8 Å². The Kier molecular flexibility index (Phi) is 4.73. The molecule has 0 radical (unpaired) electrons. The fourth-order valence-corrected chi connectivity index (χ4v) is 2.12. The Morgan fingerprint density at radius 3 is 2.67 bits per heavy atom. The Morgan fingerprint density at radius 2 is 1.89 bits per heavy atom. The van der Waals surface area contributed by atoms with Gasteiger partial charge < -0.3 is 10.1 Å². The van der Waals surface area contributed by atoms with Gasteiger partial charge in [-0.15, -0.1) is 0 Å². The van der Waals surface area contributed by atoms with E-state index in [-0.39, 0.29) is 0 Å². The molecule has 2 rings (SSSR count). The lowest BCUT2D eigenvalue weighted by atomic mass is 9.98. The topological polar surface area (TPSA) is 21.3 Å². The highest BCUT2D eigenvalue weighted by molar-refractivity contribution is 5.83. The molecule has 0 aliphatic carbocycles. The first-order valence-corrected chi connectivity index (χ1v) is 6.49. The first kappa shape index (κ1) is 13.1. The van der Waals surface area contributed by atoms with Crippen molar-refractivity contribution in [3.05, 3.63) is 48.0 Å². The van der Waals surface area contributed by atoms with Crippen molar-refractivity contribution < 1.29 is 4.74 Å². The van der Waals surface area contributed by atoms with Gasteiger partial charge in [-0.2, -0.15) is 0 Å². The zero-order chi connectivity index (χ0) is 12.8. The highest BCUT2D eigenvalue weighted by atomic mass is 16.5. The van der Waals surface area contributed by atoms with E-state index < -0.39 is 0 Å². The maximum absolute atomic E-state index is 5.02. The van der Waals surface area contributed by atoms with Crippen LogP contribution in [0.25, 0.3) is 10.8 Å². The molecule has 0 aliphatic rings. The number of rotatable bonds is 6. The predicted molar refractivity (Wildman–Crippen MR) is 77.1 cm³/mol. The van der Waals surface area contributed by atoms with Gasteiger partial charge in [0, 0.05) is 20.2 Å². The normalized spacial score (nSPS) is 12.8. The lowest BCUT2D eigenvalue weighted by molar-refractivity contribution is 0.199. The second kappa shape index (κ2) is 6.53. The van der Waals surface area contributed by atoms with Gasteiger partial charge >= 0.3 is 0 Å². The number of hydrogen-bond donors (Lipinski definition) is 1. The molecule has 1 N–H and O–H groups in total. The van der Waals surface area contributed by atoms with E-state index >= 15 is 0 Å². The molecule has 1 atom stereocenters. The van der Waals surface area contributed by atoms with E-state index in [1.165, 1.54) is 16.3 Å². The zero-order valence-corrected chi connectivity index (χ0v) is 11.1. The Balaban J connectivity index is 2.01. The highest BCUT2D eigenvalue weighted by Gasteiger charge is 2.05. The minimum Gasteiger partial charge on any atom is -0.383 e. The third-order valence-corrected chi connectivity index (χ3v) is 3.28. The molecule has 0 spiro atoms. The van der Waals surface area contributed by atoms with Crippen molar-refractivity contribution >= 4 is 10.8 Å². The van der Waals surface area contributed by atoms with Crippen molar-refractivity contribution in [3.8, 4) is 0 Å². The van der Waals surface area contributed by atoms with Gasteiger partial charge in [0.1, 0.15) is 0 Å². The third kappa shape index (κ3) is 3.31. The van der Waals surface area contributed by atoms with Crippen molar-refractivity contribution in [1.82, 2.24) is 5.32 Å². The number of fused-ring (bicyclic) bond motifs is 1. The zero-order valence-electron chi connectivity index (χ0n) is 11.1. The molecule has 2 nitrogen and oxygen atoms in total. The van der Waals surface area contributed by atoms with Crippen LogP contribution in [0.5, 0.6) is 0 Å². The maximum Gasteiger partial charge on any atom is 0.0587 e. The summed E-state index contributed by atoms with van der Waals surface area (Å²) in [4.78, 5) is 0. The van der Waals surface area contributed by atoms with Gasteiger partial charge in [0.15, 0.2) is 0 Å². The van der Waals surface area contributed by atoms with Crippen LogP contribution in [0.2, 0.25) is 0 Å². The van der Waals surface area contributed by atoms with E-state index in [2.05, 4.69) is 54.7 Å². The minimum absolute atomic E-state index is 0.520. The van der Waals surface area contributed by atoms with Crippen LogP contribution in [0.1, 0.15) is 18.4 Å². The summed E-state index contributed by atoms with van der Waals surface area (Å²) in [6.45, 7) is 4.92. The first-order valence-electron chi connectivity index (χ1n) is 6.49. The van der Waals surface area contributed by atoms with Gasteiger partial charge in [-0.3, -0.25) is 0 Å². The second-order valence-corrected chi connectivity index (χ2v) is 4.70. The number of hydrogen-bond acceptors (Lipinski definition) is 2. The number of methoxy groups -OCH3 is 1. The molecule has 1 unspecified atom stereocenters. The van der Waals surface area contributed by atoms with Crippen molar-refractivity contribution in [2.24, 2.45) is 0 Å². The van der Waals surface area contributed by atoms with Crippen LogP contribution in [0.4, 0.5) is 0 Å². The Bertz CT molecular complexity index is 495. The van der Waals surface area contributed by atoms with Gasteiger partial charge in [-0.05, 0) is 22.3 Å². The van der Waals surface area contributed by atoms with Crippen LogP contribution in [0, 0.1) is 0 Å². The lowest BCUT2D eigenvalue weighted by Gasteiger charge is -2.13. The molecule has 0 saturated carbocycles. The van der Waals surface area contributed by atoms with E-state index in [0.717, 1.165) is 19.7 Å². The molecule has 0 fully saturated rings. The third-order valence-electron chi connectivity index (χ3n) is 3.28. The van der Waals surface area contributed by atoms with E-state index in [1.807, 2.05) is 0 Å². The van der Waals surface area contributed by atoms with Crippen LogP contribution >= 0.6 is 0 Å². The Labute approximate surface area is 109 Å². The fourth-order valence-electron chi connectivity index (χ4n) is 2.12. The molecule has 0 bridgehead atoms. The van der Waals surface area contributed by atoms with E-state index in [9.17, 15) is 0 Å². The number of benzene rings is 2. The van der Waals surface area contributed by atoms with E-state index in [1.54, 1.807) is 7.11 Å². The van der Waals surface area contributed by atoms with E-state index in [0.29, 0.717) is 5.92 Å². The summed E-state index contributed by atoms with van der Waals surface area (Å²) in [5.41, 5.74) is 1.39. The molecular weight excluding hydrogens is 222 g/mol. The smallest absolute Gasteiger partial charge is 0.0587 e. The monoisotopic (exact) mass is 243 g/mol. The van der Waals surface area contributed by atoms with Crippen LogP contribution < -0.4 is 5.32 Å². The second-order valence-electron chi connectivity index (χ2n) is 4.70. The first-order chi connectivity index (χ1) is 8.81. The number of ether oxygens (including phenoxy) is 1. The molecule has 0 aromatic heterocycles. The highest BCUT2D eigenvalue weighted by Crippen LogP contribution is 2.21. The molecule has 0 amide bonds. The van der Waals surface area contributed by atoms with Gasteiger partial charge in [0.25, 0.3) is 0 Å². The quantitative estimate of drug-likeness (QED) is 0.787. The van der Waals surface area contributed by atoms with Gasteiger partial charge in [0.05, 0.1) is 6.61 Å². The molecule has 96 valence electrons. The molecular formula is C16H21NO. The summed E-state index contributed by atoms with van der Waals surface area (Å²) < 4.78 is 5.02. The van der Waals surface area contributed by atoms with Crippen LogP contribution in [0.15, 0.2) is 42.5 Å². The molecule has 0 aliphatic heterocycles. The van der Waals surface area contributed by atoms with Gasteiger partial charge in [-0.1, -0.05) is 49.4 Å². The average molecular weight is 243 g/mol. The maximum atomic E-state index is 5.02. The Hall–Kier alpha value is -1.38. The van der Waals surface area contributed by atoms with Gasteiger partial charge in [0.2, 0.25) is 0 Å². The van der Waals surface area contributed by atoms with Crippen molar-refractivity contribution in [2.75, 3.05) is 26.8 Å². The molecule has 2 aromatic carbocycles.